The molecule has 0 bridgehead atoms. The average Bonchev–Trinajstić information content (AvgIpc) is 2.36. The quantitative estimate of drug-likeness (QED) is 0.694. The number of rotatable bonds is 2. The molecule has 76 valence electrons. The van der Waals surface area contributed by atoms with Crippen LogP contribution in [-0.2, 0) is 6.54 Å². The lowest BCUT2D eigenvalue weighted by molar-refractivity contribution is 0.179. The SMILES string of the molecule is CC.Cc1cnn(CC(C)(C)F)c1. The average molecular weight is 186 g/mol. The fourth-order valence-corrected chi connectivity index (χ4v) is 0.939. The van der Waals surface area contributed by atoms with Crippen molar-refractivity contribution >= 4 is 0 Å². The Kier molecular flexibility index (Phi) is 4.67. The predicted octanol–water partition coefficient (Wildman–Crippen LogP) is 2.97. The molecule has 1 heterocycles. The highest BCUT2D eigenvalue weighted by atomic mass is 19.1. The standard InChI is InChI=1S/C8H13FN2.C2H6/c1-7-4-10-11(5-7)6-8(2,3)9;1-2/h4-5H,6H2,1-3H3;1-2H3. The third kappa shape index (κ3) is 5.39. The maximum absolute atomic E-state index is 13.0. The summed E-state index contributed by atoms with van der Waals surface area (Å²) in [6.45, 7) is 9.35. The third-order valence-corrected chi connectivity index (χ3v) is 1.30. The van der Waals surface area contributed by atoms with E-state index in [4.69, 9.17) is 0 Å². The van der Waals surface area contributed by atoms with Crippen LogP contribution in [0.3, 0.4) is 0 Å². The lowest BCUT2D eigenvalue weighted by atomic mass is 10.2. The number of aryl methyl sites for hydroxylation is 1. The minimum Gasteiger partial charge on any atom is -0.269 e. The minimum absolute atomic E-state index is 0.320. The van der Waals surface area contributed by atoms with Crippen LogP contribution in [0.5, 0.6) is 0 Å². The zero-order valence-electron chi connectivity index (χ0n) is 9.13. The monoisotopic (exact) mass is 186 g/mol. The van der Waals surface area contributed by atoms with E-state index in [-0.39, 0.29) is 0 Å². The van der Waals surface area contributed by atoms with Gasteiger partial charge in [0.15, 0.2) is 0 Å². The maximum Gasteiger partial charge on any atom is 0.124 e. The van der Waals surface area contributed by atoms with Crippen molar-refractivity contribution in [2.45, 2.75) is 46.8 Å². The van der Waals surface area contributed by atoms with Gasteiger partial charge in [0, 0.05) is 6.20 Å². The molecule has 13 heavy (non-hydrogen) atoms. The summed E-state index contributed by atoms with van der Waals surface area (Å²) in [7, 11) is 0. The van der Waals surface area contributed by atoms with Gasteiger partial charge in [-0.15, -0.1) is 0 Å². The largest absolute Gasteiger partial charge is 0.269 e. The second-order valence-electron chi connectivity index (χ2n) is 3.43. The Hall–Kier alpha value is -0.860. The summed E-state index contributed by atoms with van der Waals surface area (Å²) in [5.41, 5.74) is -0.118. The molecule has 0 aliphatic carbocycles. The van der Waals surface area contributed by atoms with Crippen LogP contribution < -0.4 is 0 Å². The minimum atomic E-state index is -1.18. The lowest BCUT2D eigenvalue weighted by Gasteiger charge is -2.12. The highest BCUT2D eigenvalue weighted by Crippen LogP contribution is 2.10. The first kappa shape index (κ1) is 12.1. The van der Waals surface area contributed by atoms with Crippen molar-refractivity contribution in [1.82, 2.24) is 9.78 Å². The van der Waals surface area contributed by atoms with Crippen molar-refractivity contribution in [1.29, 1.82) is 0 Å². The lowest BCUT2D eigenvalue weighted by Crippen LogP contribution is -2.20. The van der Waals surface area contributed by atoms with E-state index in [1.54, 1.807) is 24.7 Å². The van der Waals surface area contributed by atoms with E-state index in [1.807, 2.05) is 27.0 Å². The highest BCUT2D eigenvalue weighted by molar-refractivity contribution is 4.99. The van der Waals surface area contributed by atoms with Crippen LogP contribution in [0.15, 0.2) is 12.4 Å². The highest BCUT2D eigenvalue weighted by Gasteiger charge is 2.16. The molecule has 0 saturated carbocycles. The Morgan fingerprint density at radius 1 is 1.46 bits per heavy atom. The molecule has 0 fully saturated rings. The van der Waals surface area contributed by atoms with Gasteiger partial charge in [0.2, 0.25) is 0 Å². The molecule has 0 saturated heterocycles. The van der Waals surface area contributed by atoms with Gasteiger partial charge >= 0.3 is 0 Å². The summed E-state index contributed by atoms with van der Waals surface area (Å²) >= 11 is 0. The van der Waals surface area contributed by atoms with E-state index < -0.39 is 5.67 Å². The molecule has 1 aromatic heterocycles. The fourth-order valence-electron chi connectivity index (χ4n) is 0.939. The summed E-state index contributed by atoms with van der Waals surface area (Å²) in [6.07, 6.45) is 3.56. The second kappa shape index (κ2) is 5.00. The summed E-state index contributed by atoms with van der Waals surface area (Å²) in [4.78, 5) is 0. The number of alkyl halides is 1. The van der Waals surface area contributed by atoms with Crippen LogP contribution in [0.4, 0.5) is 4.39 Å². The molecule has 3 heteroatoms. The molecule has 0 amide bonds. The molecule has 0 aliphatic heterocycles. The van der Waals surface area contributed by atoms with Crippen LogP contribution in [0.2, 0.25) is 0 Å². The van der Waals surface area contributed by atoms with Crippen molar-refractivity contribution in [3.8, 4) is 0 Å². The maximum atomic E-state index is 13.0. The zero-order chi connectivity index (χ0) is 10.5. The van der Waals surface area contributed by atoms with E-state index >= 15 is 0 Å². The number of hydrogen-bond donors (Lipinski definition) is 0. The van der Waals surface area contributed by atoms with Gasteiger partial charge in [-0.1, -0.05) is 13.8 Å². The first-order chi connectivity index (χ1) is 5.97. The molecule has 1 rings (SSSR count). The topological polar surface area (TPSA) is 17.8 Å². The van der Waals surface area contributed by atoms with Crippen molar-refractivity contribution in [2.75, 3.05) is 0 Å². The van der Waals surface area contributed by atoms with Crippen molar-refractivity contribution < 1.29 is 4.39 Å². The first-order valence-corrected chi connectivity index (χ1v) is 4.65. The normalized spacial score (nSPS) is 10.6. The molecule has 0 N–H and O–H groups in total. The molecular weight excluding hydrogens is 167 g/mol. The van der Waals surface area contributed by atoms with Crippen molar-refractivity contribution in [3.63, 3.8) is 0 Å². The fraction of sp³-hybridized carbons (Fsp3) is 0.700. The number of nitrogens with zero attached hydrogens (tertiary/aromatic N) is 2. The van der Waals surface area contributed by atoms with Gasteiger partial charge in [-0.3, -0.25) is 4.68 Å². The van der Waals surface area contributed by atoms with Crippen LogP contribution >= 0.6 is 0 Å². The molecule has 0 unspecified atom stereocenters. The Morgan fingerprint density at radius 2 is 2.00 bits per heavy atom. The second-order valence-corrected chi connectivity index (χ2v) is 3.43. The Morgan fingerprint density at radius 3 is 2.31 bits per heavy atom. The molecule has 0 aliphatic rings. The van der Waals surface area contributed by atoms with E-state index in [1.165, 1.54) is 0 Å². The Balaban J connectivity index is 0.000000671. The molecule has 0 radical (unpaired) electrons. The zero-order valence-corrected chi connectivity index (χ0v) is 9.13. The van der Waals surface area contributed by atoms with Gasteiger partial charge in [-0.05, 0) is 26.3 Å². The smallest absolute Gasteiger partial charge is 0.124 e. The van der Waals surface area contributed by atoms with Crippen LogP contribution in [0, 0.1) is 6.92 Å². The number of hydrogen-bond acceptors (Lipinski definition) is 1. The Bertz CT molecular complexity index is 235. The van der Waals surface area contributed by atoms with Crippen LogP contribution in [0.25, 0.3) is 0 Å². The van der Waals surface area contributed by atoms with Gasteiger partial charge in [-0.2, -0.15) is 5.10 Å². The Labute approximate surface area is 79.8 Å². The van der Waals surface area contributed by atoms with Gasteiger partial charge in [0.1, 0.15) is 5.67 Å². The number of halogens is 1. The van der Waals surface area contributed by atoms with Crippen LogP contribution in [-0.4, -0.2) is 15.4 Å². The predicted molar refractivity (Wildman–Crippen MR) is 53.5 cm³/mol. The van der Waals surface area contributed by atoms with E-state index in [9.17, 15) is 4.39 Å². The van der Waals surface area contributed by atoms with E-state index in [0.717, 1.165) is 5.56 Å². The molecule has 0 aromatic carbocycles. The summed E-state index contributed by atoms with van der Waals surface area (Å²) in [5.74, 6) is 0. The van der Waals surface area contributed by atoms with Crippen molar-refractivity contribution in [2.24, 2.45) is 0 Å². The molecular formula is C10H19FN2. The van der Waals surface area contributed by atoms with E-state index in [2.05, 4.69) is 5.10 Å². The molecule has 1 aromatic rings. The molecule has 2 nitrogen and oxygen atoms in total. The van der Waals surface area contributed by atoms with Gasteiger partial charge in [0.05, 0.1) is 12.7 Å². The van der Waals surface area contributed by atoms with Gasteiger partial charge in [-0.25, -0.2) is 4.39 Å². The summed E-state index contributed by atoms with van der Waals surface area (Å²) < 4.78 is 14.6. The summed E-state index contributed by atoms with van der Waals surface area (Å²) in [6, 6.07) is 0. The number of aromatic nitrogens is 2. The molecule has 0 atom stereocenters. The van der Waals surface area contributed by atoms with Crippen molar-refractivity contribution in [3.05, 3.63) is 18.0 Å². The van der Waals surface area contributed by atoms with E-state index in [0.29, 0.717) is 6.54 Å². The van der Waals surface area contributed by atoms with Gasteiger partial charge < -0.3 is 0 Å². The molecule has 0 spiro atoms. The van der Waals surface area contributed by atoms with Crippen LogP contribution in [0.1, 0.15) is 33.3 Å². The first-order valence-electron chi connectivity index (χ1n) is 4.65. The third-order valence-electron chi connectivity index (χ3n) is 1.30. The van der Waals surface area contributed by atoms with Gasteiger partial charge in [0.25, 0.3) is 0 Å². The summed E-state index contributed by atoms with van der Waals surface area (Å²) in [5, 5.41) is 3.98.